The molecule has 0 unspecified atom stereocenters. The maximum absolute atomic E-state index is 11.2. The van der Waals surface area contributed by atoms with E-state index in [1.165, 1.54) is 0 Å². The number of phenols is 2. The monoisotopic (exact) mass is 590 g/mol. The number of carboxylic acid groups (broad SMARTS) is 2. The molecule has 0 aliphatic heterocycles. The smallest absolute Gasteiger partial charge is 0.339 e. The molecule has 2 aromatic rings. The van der Waals surface area contributed by atoms with Crippen molar-refractivity contribution in [1.29, 1.82) is 0 Å². The number of rotatable bonds is 2. The molecule has 0 heterocycles. The van der Waals surface area contributed by atoms with Gasteiger partial charge < -0.3 is 20.4 Å². The van der Waals surface area contributed by atoms with E-state index in [1.54, 1.807) is 12.1 Å². The molecule has 0 aliphatic carbocycles. The molecule has 204 valence electrons. The third-order valence-corrected chi connectivity index (χ3v) is 6.03. The Morgan fingerprint density at radius 2 is 0.757 bits per heavy atom. The minimum Gasteiger partial charge on any atom is -0.507 e. The van der Waals surface area contributed by atoms with Crippen LogP contribution in [-0.4, -0.2) is 32.4 Å². The Kier molecular flexibility index (Phi) is 11.0. The molecule has 0 amide bonds. The van der Waals surface area contributed by atoms with Crippen LogP contribution < -0.4 is 0 Å². The van der Waals surface area contributed by atoms with Crippen molar-refractivity contribution < 1.29 is 56.2 Å². The van der Waals surface area contributed by atoms with Crippen molar-refractivity contribution in [3.8, 4) is 11.5 Å². The van der Waals surface area contributed by atoms with Crippen LogP contribution in [0.15, 0.2) is 24.3 Å². The summed E-state index contributed by atoms with van der Waals surface area (Å²) in [6, 6.07) is 6.93. The minimum atomic E-state index is -1.09. The van der Waals surface area contributed by atoms with Gasteiger partial charge in [-0.05, 0) is 44.9 Å². The van der Waals surface area contributed by atoms with Crippen molar-refractivity contribution in [1.82, 2.24) is 0 Å². The molecule has 0 aromatic heterocycles. The Morgan fingerprint density at radius 1 is 0.514 bits per heavy atom. The second-order valence-corrected chi connectivity index (χ2v) is 13.5. The Hall–Kier alpha value is -2.14. The van der Waals surface area contributed by atoms with Crippen molar-refractivity contribution in [3.05, 3.63) is 57.6 Å². The molecule has 37 heavy (non-hydrogen) atoms. The van der Waals surface area contributed by atoms with E-state index in [2.05, 4.69) is 0 Å². The average Bonchev–Trinajstić information content (AvgIpc) is 2.64. The summed E-state index contributed by atoms with van der Waals surface area (Å²) < 4.78 is 0. The predicted molar refractivity (Wildman–Crippen MR) is 145 cm³/mol. The van der Waals surface area contributed by atoms with E-state index in [0.29, 0.717) is 11.1 Å². The van der Waals surface area contributed by atoms with Gasteiger partial charge >= 0.3 is 11.9 Å². The van der Waals surface area contributed by atoms with Crippen LogP contribution in [0.4, 0.5) is 0 Å². The van der Waals surface area contributed by atoms with Crippen molar-refractivity contribution in [2.24, 2.45) is 0 Å². The standard InChI is InChI=1S/2C15H22O3.Zr/c2*1-14(2,3)9-7-10(13(17)18)12(16)11(8-9)15(4,5)6;/h2*7-8,16H,1-6H3,(H,17,18);. The summed E-state index contributed by atoms with van der Waals surface area (Å²) in [4.78, 5) is 22.4. The average molecular weight is 592 g/mol. The fourth-order valence-corrected chi connectivity index (χ4v) is 3.60. The number of carboxylic acids is 2. The normalized spacial score (nSPS) is 12.2. The van der Waals surface area contributed by atoms with Crippen LogP contribution in [0.1, 0.15) is 126 Å². The molecule has 0 spiro atoms. The zero-order valence-corrected chi connectivity index (χ0v) is 26.9. The molecule has 0 saturated carbocycles. The maximum Gasteiger partial charge on any atom is 0.339 e. The van der Waals surface area contributed by atoms with Gasteiger partial charge in [-0.2, -0.15) is 0 Å². The zero-order valence-electron chi connectivity index (χ0n) is 24.4. The van der Waals surface area contributed by atoms with Crippen LogP contribution in [0.5, 0.6) is 11.5 Å². The van der Waals surface area contributed by atoms with E-state index in [1.807, 2.05) is 95.2 Å². The number of aromatic hydroxyl groups is 2. The quantitative estimate of drug-likeness (QED) is 0.290. The largest absolute Gasteiger partial charge is 0.507 e. The molecular formula is C30H44O6Zr. The first-order chi connectivity index (χ1) is 15.9. The van der Waals surface area contributed by atoms with Crippen LogP contribution in [0.3, 0.4) is 0 Å². The van der Waals surface area contributed by atoms with Crippen LogP contribution in [0, 0.1) is 0 Å². The Balaban J connectivity index is 0.000000682. The van der Waals surface area contributed by atoms with E-state index in [4.69, 9.17) is 0 Å². The van der Waals surface area contributed by atoms with E-state index >= 15 is 0 Å². The van der Waals surface area contributed by atoms with E-state index < -0.39 is 11.9 Å². The van der Waals surface area contributed by atoms with Crippen molar-refractivity contribution in [2.75, 3.05) is 0 Å². The third kappa shape index (κ3) is 8.98. The van der Waals surface area contributed by atoms with Gasteiger partial charge in [-0.15, -0.1) is 0 Å². The van der Waals surface area contributed by atoms with Crippen molar-refractivity contribution in [3.63, 3.8) is 0 Å². The topological polar surface area (TPSA) is 115 Å². The molecular weight excluding hydrogens is 548 g/mol. The molecule has 2 aromatic carbocycles. The molecule has 6 nitrogen and oxygen atoms in total. The summed E-state index contributed by atoms with van der Waals surface area (Å²) in [7, 11) is 0. The number of aromatic carboxylic acids is 2. The van der Waals surface area contributed by atoms with Gasteiger partial charge in [0.2, 0.25) is 0 Å². The van der Waals surface area contributed by atoms with Crippen LogP contribution in [0.2, 0.25) is 0 Å². The minimum absolute atomic E-state index is 0. The van der Waals surface area contributed by atoms with E-state index in [-0.39, 0.29) is 70.5 Å². The van der Waals surface area contributed by atoms with Gasteiger partial charge in [0.15, 0.2) is 0 Å². The Labute approximate surface area is 241 Å². The SMILES string of the molecule is CC(C)(C)c1cc(C(=O)O)c(O)c(C(C)(C)C)c1.CC(C)(C)c1cc(C(=O)O)c(O)c(C(C)(C)C)c1.[Zr]. The first-order valence-electron chi connectivity index (χ1n) is 12.1. The number of hydrogen-bond acceptors (Lipinski definition) is 4. The summed E-state index contributed by atoms with van der Waals surface area (Å²) >= 11 is 0. The van der Waals surface area contributed by atoms with Gasteiger partial charge in [-0.25, -0.2) is 9.59 Å². The first-order valence-corrected chi connectivity index (χ1v) is 12.1. The third-order valence-electron chi connectivity index (χ3n) is 6.03. The van der Waals surface area contributed by atoms with Crippen LogP contribution in [-0.2, 0) is 47.9 Å². The van der Waals surface area contributed by atoms with Gasteiger partial charge in [-0.3, -0.25) is 0 Å². The van der Waals surface area contributed by atoms with Crippen molar-refractivity contribution in [2.45, 2.75) is 105 Å². The van der Waals surface area contributed by atoms with Gasteiger partial charge in [0.25, 0.3) is 0 Å². The van der Waals surface area contributed by atoms with Gasteiger partial charge in [0.1, 0.15) is 22.6 Å². The molecule has 0 saturated heterocycles. The summed E-state index contributed by atoms with van der Waals surface area (Å²) in [5.41, 5.74) is 2.24. The predicted octanol–water partition coefficient (Wildman–Crippen LogP) is 7.37. The fraction of sp³-hybridized carbons (Fsp3) is 0.533. The summed E-state index contributed by atoms with van der Waals surface area (Å²) in [6.07, 6.45) is 0. The van der Waals surface area contributed by atoms with Crippen LogP contribution >= 0.6 is 0 Å². The Bertz CT molecular complexity index is 1050. The van der Waals surface area contributed by atoms with Crippen molar-refractivity contribution >= 4 is 11.9 Å². The first kappa shape index (κ1) is 34.9. The zero-order chi connectivity index (χ0) is 28.6. The molecule has 0 fully saturated rings. The number of hydrogen-bond donors (Lipinski definition) is 4. The second kappa shape index (κ2) is 11.7. The maximum atomic E-state index is 11.2. The molecule has 4 N–H and O–H groups in total. The summed E-state index contributed by atoms with van der Waals surface area (Å²) in [6.45, 7) is 23.9. The molecule has 2 rings (SSSR count). The number of carbonyl (C=O) groups is 2. The van der Waals surface area contributed by atoms with Gasteiger partial charge in [-0.1, -0.05) is 95.2 Å². The van der Waals surface area contributed by atoms with E-state index in [9.17, 15) is 30.0 Å². The summed E-state index contributed by atoms with van der Waals surface area (Å²) in [5, 5.41) is 38.6. The Morgan fingerprint density at radius 3 is 0.919 bits per heavy atom. The summed E-state index contributed by atoms with van der Waals surface area (Å²) in [5.74, 6) is -2.43. The molecule has 0 aliphatic rings. The van der Waals surface area contributed by atoms with Crippen LogP contribution in [0.25, 0.3) is 0 Å². The number of benzene rings is 2. The second-order valence-electron chi connectivity index (χ2n) is 13.5. The van der Waals surface area contributed by atoms with E-state index in [0.717, 1.165) is 11.1 Å². The molecule has 0 bridgehead atoms. The molecule has 0 radical (unpaired) electrons. The molecule has 0 atom stereocenters. The molecule has 7 heteroatoms. The van der Waals surface area contributed by atoms with Gasteiger partial charge in [0.05, 0.1) is 0 Å². The van der Waals surface area contributed by atoms with Gasteiger partial charge in [0, 0.05) is 37.3 Å². The fourth-order valence-electron chi connectivity index (χ4n) is 3.60.